The Labute approximate surface area is 118 Å². The van der Waals surface area contributed by atoms with Crippen LogP contribution in [-0.2, 0) is 0 Å². The summed E-state index contributed by atoms with van der Waals surface area (Å²) >= 11 is 0. The number of nitrogens with one attached hydrogen (secondary N) is 1. The second-order valence-electron chi connectivity index (χ2n) is 5.69. The van der Waals surface area contributed by atoms with Crippen molar-refractivity contribution in [2.45, 2.75) is 32.6 Å². The molecule has 1 aromatic carbocycles. The molecule has 20 heavy (non-hydrogen) atoms. The zero-order valence-corrected chi connectivity index (χ0v) is 11.8. The fourth-order valence-electron chi connectivity index (χ4n) is 2.87. The van der Waals surface area contributed by atoms with Crippen LogP contribution < -0.4 is 16.8 Å². The quantitative estimate of drug-likeness (QED) is 0.741. The van der Waals surface area contributed by atoms with E-state index in [9.17, 15) is 9.18 Å². The summed E-state index contributed by atoms with van der Waals surface area (Å²) in [5, 5.41) is 3.10. The molecule has 2 unspecified atom stereocenters. The van der Waals surface area contributed by atoms with Gasteiger partial charge in [0.25, 0.3) is 5.91 Å². The van der Waals surface area contributed by atoms with Gasteiger partial charge in [0.2, 0.25) is 0 Å². The van der Waals surface area contributed by atoms with Crippen LogP contribution in [-0.4, -0.2) is 12.5 Å². The number of rotatable bonds is 4. The van der Waals surface area contributed by atoms with Crippen molar-refractivity contribution in [1.29, 1.82) is 0 Å². The van der Waals surface area contributed by atoms with Gasteiger partial charge in [-0.2, -0.15) is 0 Å². The molecule has 1 saturated carbocycles. The Morgan fingerprint density at radius 1 is 1.40 bits per heavy atom. The predicted octanol–water partition coefficient (Wildman–Crippen LogP) is 2.75. The third kappa shape index (κ3) is 3.21. The molecule has 1 amide bonds. The monoisotopic (exact) mass is 279 g/mol. The van der Waals surface area contributed by atoms with E-state index in [-0.39, 0.29) is 11.3 Å². The second kappa shape index (κ2) is 6.11. The molecular formula is C15H22FN3O. The van der Waals surface area contributed by atoms with Gasteiger partial charge in [0.05, 0.1) is 11.3 Å². The summed E-state index contributed by atoms with van der Waals surface area (Å²) in [4.78, 5) is 11.2. The summed E-state index contributed by atoms with van der Waals surface area (Å²) in [5.41, 5.74) is 11.3. The van der Waals surface area contributed by atoms with Crippen LogP contribution in [0.3, 0.4) is 0 Å². The lowest BCUT2D eigenvalue weighted by Gasteiger charge is -2.29. The van der Waals surface area contributed by atoms with Crippen LogP contribution >= 0.6 is 0 Å². The van der Waals surface area contributed by atoms with E-state index in [1.165, 1.54) is 25.3 Å². The molecule has 0 radical (unpaired) electrons. The van der Waals surface area contributed by atoms with Gasteiger partial charge in [0, 0.05) is 12.2 Å². The fraction of sp³-hybridized carbons (Fsp3) is 0.533. The molecule has 5 heteroatoms. The molecule has 1 aliphatic rings. The molecule has 2 rings (SSSR count). The fourth-order valence-corrected chi connectivity index (χ4v) is 2.87. The van der Waals surface area contributed by atoms with Crippen LogP contribution in [0, 0.1) is 17.7 Å². The maximum Gasteiger partial charge on any atom is 0.250 e. The molecule has 4 nitrogen and oxygen atoms in total. The van der Waals surface area contributed by atoms with Crippen LogP contribution in [0.2, 0.25) is 0 Å². The highest BCUT2D eigenvalue weighted by molar-refractivity contribution is 5.99. The van der Waals surface area contributed by atoms with Crippen molar-refractivity contribution < 1.29 is 9.18 Å². The van der Waals surface area contributed by atoms with Crippen LogP contribution in [0.1, 0.15) is 43.0 Å². The summed E-state index contributed by atoms with van der Waals surface area (Å²) in [5.74, 6) is 0.0916. The summed E-state index contributed by atoms with van der Waals surface area (Å²) in [7, 11) is 0. The molecule has 1 fully saturated rings. The van der Waals surface area contributed by atoms with E-state index in [4.69, 9.17) is 11.5 Å². The van der Waals surface area contributed by atoms with Crippen LogP contribution in [0.25, 0.3) is 0 Å². The first-order chi connectivity index (χ1) is 9.49. The third-order valence-electron chi connectivity index (χ3n) is 4.25. The summed E-state index contributed by atoms with van der Waals surface area (Å²) < 4.78 is 13.9. The topological polar surface area (TPSA) is 81.1 Å². The molecular weight excluding hydrogens is 257 g/mol. The van der Waals surface area contributed by atoms with Crippen molar-refractivity contribution >= 4 is 17.3 Å². The number of carbonyl (C=O) groups excluding carboxylic acids is 1. The van der Waals surface area contributed by atoms with Crippen LogP contribution in [0.5, 0.6) is 0 Å². The minimum atomic E-state index is -0.642. The zero-order valence-electron chi connectivity index (χ0n) is 11.8. The average molecular weight is 279 g/mol. The Balaban J connectivity index is 2.09. The highest BCUT2D eigenvalue weighted by Crippen LogP contribution is 2.30. The van der Waals surface area contributed by atoms with Crippen molar-refractivity contribution in [1.82, 2.24) is 0 Å². The van der Waals surface area contributed by atoms with Gasteiger partial charge in [-0.15, -0.1) is 0 Å². The predicted molar refractivity (Wildman–Crippen MR) is 78.9 cm³/mol. The number of hydrogen-bond donors (Lipinski definition) is 3. The van der Waals surface area contributed by atoms with Crippen molar-refractivity contribution in [2.75, 3.05) is 17.6 Å². The average Bonchev–Trinajstić information content (AvgIpc) is 2.39. The minimum Gasteiger partial charge on any atom is -0.398 e. The number of benzene rings is 1. The summed E-state index contributed by atoms with van der Waals surface area (Å²) in [6.45, 7) is 2.94. The van der Waals surface area contributed by atoms with E-state index in [0.717, 1.165) is 12.5 Å². The Morgan fingerprint density at radius 2 is 2.10 bits per heavy atom. The largest absolute Gasteiger partial charge is 0.398 e. The smallest absolute Gasteiger partial charge is 0.250 e. The first-order valence-corrected chi connectivity index (χ1v) is 7.11. The number of amides is 1. The molecule has 0 saturated heterocycles. The molecule has 0 aromatic heterocycles. The van der Waals surface area contributed by atoms with Gasteiger partial charge < -0.3 is 16.8 Å². The molecule has 0 bridgehead atoms. The van der Waals surface area contributed by atoms with Crippen molar-refractivity contribution in [3.63, 3.8) is 0 Å². The van der Waals surface area contributed by atoms with E-state index in [2.05, 4.69) is 12.2 Å². The molecule has 0 spiro atoms. The maximum absolute atomic E-state index is 13.9. The van der Waals surface area contributed by atoms with E-state index in [0.29, 0.717) is 24.1 Å². The third-order valence-corrected chi connectivity index (χ3v) is 4.25. The van der Waals surface area contributed by atoms with Crippen molar-refractivity contribution in [2.24, 2.45) is 17.6 Å². The molecule has 0 aliphatic heterocycles. The number of anilines is 2. The lowest BCUT2D eigenvalue weighted by atomic mass is 9.80. The normalized spacial score (nSPS) is 22.5. The molecule has 110 valence electrons. The van der Waals surface area contributed by atoms with E-state index < -0.39 is 11.7 Å². The van der Waals surface area contributed by atoms with Crippen molar-refractivity contribution in [3.05, 3.63) is 23.5 Å². The number of carbonyl (C=O) groups is 1. The number of primary amides is 1. The van der Waals surface area contributed by atoms with Gasteiger partial charge in [-0.25, -0.2) is 4.39 Å². The first kappa shape index (κ1) is 14.6. The minimum absolute atomic E-state index is 0.0755. The number of nitrogens with two attached hydrogens (primary N) is 2. The van der Waals surface area contributed by atoms with E-state index in [1.54, 1.807) is 0 Å². The Kier molecular flexibility index (Phi) is 4.47. The van der Waals surface area contributed by atoms with Gasteiger partial charge in [-0.05, 0) is 30.4 Å². The van der Waals surface area contributed by atoms with E-state index >= 15 is 0 Å². The zero-order chi connectivity index (χ0) is 14.7. The standard InChI is InChI=1S/C15H22FN3O/c1-9-4-2-3-5-10(9)8-19-14-6-11(15(18)20)13(17)7-12(14)16/h6-7,9-10,19H,2-5,8,17H2,1H3,(H2,18,20). The number of halogens is 1. The molecule has 2 atom stereocenters. The van der Waals surface area contributed by atoms with Gasteiger partial charge in [0.15, 0.2) is 0 Å². The maximum atomic E-state index is 13.9. The summed E-state index contributed by atoms with van der Waals surface area (Å²) in [6, 6.07) is 2.55. The molecule has 5 N–H and O–H groups in total. The Morgan fingerprint density at radius 3 is 2.75 bits per heavy atom. The molecule has 0 heterocycles. The highest BCUT2D eigenvalue weighted by Gasteiger charge is 2.21. The first-order valence-electron chi connectivity index (χ1n) is 7.11. The second-order valence-corrected chi connectivity index (χ2v) is 5.69. The Hall–Kier alpha value is -1.78. The van der Waals surface area contributed by atoms with Gasteiger partial charge in [0.1, 0.15) is 5.82 Å². The number of hydrogen-bond acceptors (Lipinski definition) is 3. The molecule has 1 aromatic rings. The van der Waals surface area contributed by atoms with Crippen molar-refractivity contribution in [3.8, 4) is 0 Å². The van der Waals surface area contributed by atoms with Gasteiger partial charge in [-0.3, -0.25) is 4.79 Å². The lowest BCUT2D eigenvalue weighted by molar-refractivity contribution is 0.100. The SMILES string of the molecule is CC1CCCCC1CNc1cc(C(N)=O)c(N)cc1F. The number of nitrogen functional groups attached to an aromatic ring is 1. The van der Waals surface area contributed by atoms with Gasteiger partial charge >= 0.3 is 0 Å². The lowest BCUT2D eigenvalue weighted by Crippen LogP contribution is -2.25. The summed E-state index contributed by atoms with van der Waals surface area (Å²) in [6.07, 6.45) is 4.89. The highest BCUT2D eigenvalue weighted by atomic mass is 19.1. The Bertz CT molecular complexity index is 504. The van der Waals surface area contributed by atoms with Crippen LogP contribution in [0.15, 0.2) is 12.1 Å². The molecule has 1 aliphatic carbocycles. The van der Waals surface area contributed by atoms with Crippen LogP contribution in [0.4, 0.5) is 15.8 Å². The van der Waals surface area contributed by atoms with Gasteiger partial charge in [-0.1, -0.05) is 26.2 Å². The van der Waals surface area contributed by atoms with E-state index in [1.807, 2.05) is 0 Å².